The predicted octanol–water partition coefficient (Wildman–Crippen LogP) is 2.72. The van der Waals surface area contributed by atoms with Gasteiger partial charge in [0.25, 0.3) is 5.91 Å². The minimum Gasteiger partial charge on any atom is -0.371 e. The van der Waals surface area contributed by atoms with E-state index in [0.717, 1.165) is 11.8 Å². The molecule has 2 saturated heterocycles. The molecule has 1 spiro atoms. The van der Waals surface area contributed by atoms with Crippen LogP contribution < -0.4 is 10.2 Å². The van der Waals surface area contributed by atoms with E-state index in [9.17, 15) is 22.8 Å². The number of alkyl halides is 3. The summed E-state index contributed by atoms with van der Waals surface area (Å²) in [5.41, 5.74) is -0.285. The number of nitrogens with one attached hydrogen (secondary N) is 1. The van der Waals surface area contributed by atoms with Gasteiger partial charge in [-0.05, 0) is 44.0 Å². The fourth-order valence-corrected chi connectivity index (χ4v) is 5.26. The van der Waals surface area contributed by atoms with E-state index >= 15 is 0 Å². The Morgan fingerprint density at radius 2 is 1.91 bits per heavy atom. The van der Waals surface area contributed by atoms with Crippen LogP contribution >= 0.6 is 0 Å². The Morgan fingerprint density at radius 1 is 1.23 bits per heavy atom. The number of benzene rings is 1. The third kappa shape index (κ3) is 4.45. The zero-order valence-electron chi connectivity index (χ0n) is 19.8. The molecule has 8 nitrogen and oxygen atoms in total. The van der Waals surface area contributed by atoms with Crippen LogP contribution in [0.3, 0.4) is 0 Å². The van der Waals surface area contributed by atoms with Crippen molar-refractivity contribution in [2.45, 2.75) is 25.9 Å². The lowest BCUT2D eigenvalue weighted by Crippen LogP contribution is -2.48. The number of aromatic nitrogens is 2. The second-order valence-corrected chi connectivity index (χ2v) is 9.34. The van der Waals surface area contributed by atoms with Gasteiger partial charge in [-0.2, -0.15) is 23.5 Å². The molecule has 0 radical (unpaired) electrons. The lowest BCUT2D eigenvalue weighted by molar-refractivity contribution is -0.137. The Bertz CT molecular complexity index is 1170. The second kappa shape index (κ2) is 8.91. The first kappa shape index (κ1) is 24.6. The summed E-state index contributed by atoms with van der Waals surface area (Å²) in [6.07, 6.45) is -3.55. The number of hydrogen-bond donors (Lipinski definition) is 1. The highest BCUT2D eigenvalue weighted by atomic mass is 19.4. The number of carbonyl (C=O) groups is 2. The Morgan fingerprint density at radius 3 is 2.46 bits per heavy atom. The number of halogens is 3. The zero-order valence-corrected chi connectivity index (χ0v) is 19.8. The van der Waals surface area contributed by atoms with Gasteiger partial charge in [0.1, 0.15) is 0 Å². The van der Waals surface area contributed by atoms with Gasteiger partial charge < -0.3 is 15.1 Å². The molecule has 3 heterocycles. The van der Waals surface area contributed by atoms with Gasteiger partial charge in [0.2, 0.25) is 5.91 Å². The number of amides is 2. The molecule has 1 unspecified atom stereocenters. The molecule has 2 aromatic rings. The first-order valence-corrected chi connectivity index (χ1v) is 11.4. The summed E-state index contributed by atoms with van der Waals surface area (Å²) in [5.74, 6) is -0.803. The van der Waals surface area contributed by atoms with Crippen molar-refractivity contribution >= 4 is 17.5 Å². The van der Waals surface area contributed by atoms with Crippen LogP contribution in [0.2, 0.25) is 0 Å². The maximum absolute atomic E-state index is 13.4. The number of nitriles is 1. The lowest BCUT2D eigenvalue weighted by Gasteiger charge is -2.42. The Hall–Kier alpha value is -3.55. The second-order valence-electron chi connectivity index (χ2n) is 9.34. The van der Waals surface area contributed by atoms with Gasteiger partial charge in [0.05, 0.1) is 23.1 Å². The van der Waals surface area contributed by atoms with E-state index in [-0.39, 0.29) is 18.4 Å². The van der Waals surface area contributed by atoms with Crippen LogP contribution in [-0.4, -0.2) is 59.7 Å². The molecule has 0 aliphatic carbocycles. The smallest absolute Gasteiger partial charge is 0.371 e. The third-order valence-electron chi connectivity index (χ3n) is 7.38. The molecule has 186 valence electrons. The van der Waals surface area contributed by atoms with Crippen LogP contribution in [0.1, 0.15) is 40.2 Å². The molecule has 1 aromatic heterocycles. The number of hydrogen-bond acceptors (Lipinski definition) is 5. The minimum absolute atomic E-state index is 0.149. The first-order chi connectivity index (χ1) is 16.5. The topological polar surface area (TPSA) is 94.3 Å². The molecule has 2 amide bonds. The average molecular weight is 489 g/mol. The molecule has 2 aliphatic heterocycles. The summed E-state index contributed by atoms with van der Waals surface area (Å²) < 4.78 is 41.9. The third-order valence-corrected chi connectivity index (χ3v) is 7.38. The van der Waals surface area contributed by atoms with Gasteiger partial charge in [0, 0.05) is 57.1 Å². The van der Waals surface area contributed by atoms with Crippen molar-refractivity contribution in [1.29, 1.82) is 5.26 Å². The highest BCUT2D eigenvalue weighted by Gasteiger charge is 2.52. The zero-order chi connectivity index (χ0) is 25.5. The van der Waals surface area contributed by atoms with Gasteiger partial charge in [0.15, 0.2) is 5.69 Å². The molecular formula is C24H27F3N6O2. The predicted molar refractivity (Wildman–Crippen MR) is 121 cm³/mol. The van der Waals surface area contributed by atoms with Gasteiger partial charge in [-0.1, -0.05) is 0 Å². The van der Waals surface area contributed by atoms with Crippen LogP contribution in [-0.2, 0) is 18.0 Å². The molecule has 0 bridgehead atoms. The molecule has 1 N–H and O–H groups in total. The normalized spacial score (nSPS) is 19.6. The molecule has 1 atom stereocenters. The van der Waals surface area contributed by atoms with Gasteiger partial charge in [-0.15, -0.1) is 0 Å². The number of rotatable bonds is 3. The summed E-state index contributed by atoms with van der Waals surface area (Å²) in [7, 11) is 3.32. The van der Waals surface area contributed by atoms with E-state index in [1.165, 1.54) is 12.1 Å². The van der Waals surface area contributed by atoms with Gasteiger partial charge in [-0.3, -0.25) is 14.3 Å². The number of nitrogens with zero attached hydrogens (tertiary/aromatic N) is 5. The number of anilines is 1. The first-order valence-electron chi connectivity index (χ1n) is 11.4. The molecule has 4 rings (SSSR count). The fraction of sp³-hybridized carbons (Fsp3) is 0.500. The maximum atomic E-state index is 13.4. The van der Waals surface area contributed by atoms with Crippen molar-refractivity contribution in [3.8, 4) is 6.07 Å². The lowest BCUT2D eigenvalue weighted by atomic mass is 9.70. The summed E-state index contributed by atoms with van der Waals surface area (Å²) >= 11 is 0. The van der Waals surface area contributed by atoms with E-state index < -0.39 is 28.6 Å². The summed E-state index contributed by atoms with van der Waals surface area (Å²) in [5, 5.41) is 16.0. The molecule has 1 aromatic carbocycles. The van der Waals surface area contributed by atoms with E-state index in [1.54, 1.807) is 35.8 Å². The van der Waals surface area contributed by atoms with Crippen LogP contribution in [0, 0.1) is 29.6 Å². The Balaban J connectivity index is 1.55. The molecule has 11 heteroatoms. The van der Waals surface area contributed by atoms with Crippen LogP contribution in [0.25, 0.3) is 0 Å². The monoisotopic (exact) mass is 488 g/mol. The average Bonchev–Trinajstić information content (AvgIpc) is 3.37. The molecule has 2 aliphatic rings. The standard InChI is InChI=1S/C24H27F3N6O2/c1-15-10-20(30-31(15)3)22(35)33-13-19(21(34)29-2)23(14-33)6-8-32(9-7-23)17-5-4-16(12-28)18(11-17)24(25,26)27/h4-5,10-11,19H,6-9,13-14H2,1-3H3,(H,29,34). The number of carbonyl (C=O) groups excluding carboxylic acids is 2. The number of aryl methyl sites for hydroxylation is 2. The number of piperidine rings is 1. The molecule has 2 fully saturated rings. The Kier molecular flexibility index (Phi) is 6.25. The van der Waals surface area contributed by atoms with Gasteiger partial charge >= 0.3 is 6.18 Å². The largest absolute Gasteiger partial charge is 0.417 e. The SMILES string of the molecule is CNC(=O)C1CN(C(=O)c2cc(C)n(C)n2)CC12CCN(c1ccc(C#N)c(C(F)(F)F)c1)CC2. The van der Waals surface area contributed by atoms with E-state index in [0.29, 0.717) is 43.9 Å². The van der Waals surface area contributed by atoms with Crippen molar-refractivity contribution in [1.82, 2.24) is 20.0 Å². The summed E-state index contributed by atoms with van der Waals surface area (Å²) in [4.78, 5) is 29.4. The van der Waals surface area contributed by atoms with Gasteiger partial charge in [-0.25, -0.2) is 0 Å². The highest BCUT2D eigenvalue weighted by molar-refractivity contribution is 5.93. The summed E-state index contributed by atoms with van der Waals surface area (Å²) in [6, 6.07) is 7.05. The van der Waals surface area contributed by atoms with Crippen LogP contribution in [0.5, 0.6) is 0 Å². The van der Waals surface area contributed by atoms with Crippen LogP contribution in [0.15, 0.2) is 24.3 Å². The summed E-state index contributed by atoms with van der Waals surface area (Å²) in [6.45, 7) is 3.37. The van der Waals surface area contributed by atoms with Crippen LogP contribution in [0.4, 0.5) is 18.9 Å². The maximum Gasteiger partial charge on any atom is 0.417 e. The fourth-order valence-electron chi connectivity index (χ4n) is 5.26. The quantitative estimate of drug-likeness (QED) is 0.717. The minimum atomic E-state index is -4.63. The Labute approximate surface area is 201 Å². The molecular weight excluding hydrogens is 461 g/mol. The van der Waals surface area contributed by atoms with E-state index in [4.69, 9.17) is 5.26 Å². The van der Waals surface area contributed by atoms with E-state index in [1.807, 2.05) is 11.8 Å². The van der Waals surface area contributed by atoms with Crippen molar-refractivity contribution in [3.05, 3.63) is 46.8 Å². The molecule has 35 heavy (non-hydrogen) atoms. The van der Waals surface area contributed by atoms with Crippen molar-refractivity contribution < 1.29 is 22.8 Å². The highest BCUT2D eigenvalue weighted by Crippen LogP contribution is 2.46. The van der Waals surface area contributed by atoms with Crippen molar-refractivity contribution in [2.75, 3.05) is 38.1 Å². The number of likely N-dealkylation sites (tertiary alicyclic amines) is 1. The van der Waals surface area contributed by atoms with Crippen molar-refractivity contribution in [3.63, 3.8) is 0 Å². The molecule has 0 saturated carbocycles. The van der Waals surface area contributed by atoms with Crippen molar-refractivity contribution in [2.24, 2.45) is 18.4 Å². The van der Waals surface area contributed by atoms with E-state index in [2.05, 4.69) is 10.4 Å².